The number of methoxy groups -OCH3 is 1. The van der Waals surface area contributed by atoms with Gasteiger partial charge in [-0.25, -0.2) is 0 Å². The van der Waals surface area contributed by atoms with E-state index in [1.54, 1.807) is 14.2 Å². The highest BCUT2D eigenvalue weighted by Gasteiger charge is 2.13. The van der Waals surface area contributed by atoms with E-state index < -0.39 is 0 Å². The lowest BCUT2D eigenvalue weighted by atomic mass is 10.1. The molecule has 0 spiro atoms. The van der Waals surface area contributed by atoms with Crippen molar-refractivity contribution in [2.24, 2.45) is 4.99 Å². The number of aromatic nitrogens is 1. The van der Waals surface area contributed by atoms with Gasteiger partial charge in [0.15, 0.2) is 5.96 Å². The fourth-order valence-corrected chi connectivity index (χ4v) is 3.70. The molecule has 2 aromatic rings. The normalized spacial score (nSPS) is 15.1. The average Bonchev–Trinajstić information content (AvgIpc) is 2.77. The summed E-state index contributed by atoms with van der Waals surface area (Å²) in [4.78, 5) is 11.4. The fourth-order valence-electron chi connectivity index (χ4n) is 3.70. The van der Waals surface area contributed by atoms with Crippen molar-refractivity contribution < 1.29 is 9.47 Å². The predicted octanol–water partition coefficient (Wildman–Crippen LogP) is 2.40. The Labute approximate surface area is 179 Å². The zero-order valence-electron chi connectivity index (χ0n) is 18.5. The molecule has 1 aromatic carbocycles. The molecular weight excluding hydrogens is 378 g/mol. The van der Waals surface area contributed by atoms with Gasteiger partial charge in [0, 0.05) is 50.6 Å². The second-order valence-electron chi connectivity index (χ2n) is 7.48. The van der Waals surface area contributed by atoms with Gasteiger partial charge >= 0.3 is 0 Å². The Kier molecular flexibility index (Phi) is 8.04. The first-order valence-electron chi connectivity index (χ1n) is 10.4. The minimum atomic E-state index is 0.581. The van der Waals surface area contributed by atoms with Crippen LogP contribution >= 0.6 is 0 Å². The van der Waals surface area contributed by atoms with Crippen LogP contribution in [-0.4, -0.2) is 56.3 Å². The molecule has 0 bridgehead atoms. The maximum Gasteiger partial charge on any atom is 0.191 e. The molecule has 0 amide bonds. The number of rotatable bonds is 7. The van der Waals surface area contributed by atoms with Gasteiger partial charge in [0.2, 0.25) is 0 Å². The van der Waals surface area contributed by atoms with E-state index in [4.69, 9.17) is 9.47 Å². The molecule has 3 rings (SSSR count). The molecule has 162 valence electrons. The molecule has 2 heterocycles. The molecule has 30 heavy (non-hydrogen) atoms. The van der Waals surface area contributed by atoms with E-state index in [1.165, 1.54) is 11.1 Å². The molecular formula is C23H33N5O2. The molecule has 2 N–H and O–H groups in total. The summed E-state index contributed by atoms with van der Waals surface area (Å²) < 4.78 is 11.0. The highest BCUT2D eigenvalue weighted by Crippen LogP contribution is 2.23. The van der Waals surface area contributed by atoms with E-state index >= 15 is 0 Å². The summed E-state index contributed by atoms with van der Waals surface area (Å²) in [6.07, 6.45) is 1.85. The highest BCUT2D eigenvalue weighted by molar-refractivity contribution is 5.79. The van der Waals surface area contributed by atoms with Gasteiger partial charge in [0.1, 0.15) is 5.75 Å². The molecule has 1 fully saturated rings. The highest BCUT2D eigenvalue weighted by atomic mass is 16.5. The zero-order valence-corrected chi connectivity index (χ0v) is 18.5. The molecule has 7 heteroatoms. The van der Waals surface area contributed by atoms with Crippen LogP contribution in [-0.2, 0) is 24.4 Å². The summed E-state index contributed by atoms with van der Waals surface area (Å²) >= 11 is 0. The number of aliphatic imine (C=N–C) groups is 1. The van der Waals surface area contributed by atoms with E-state index in [-0.39, 0.29) is 0 Å². The molecule has 0 atom stereocenters. The second-order valence-corrected chi connectivity index (χ2v) is 7.48. The lowest BCUT2D eigenvalue weighted by Gasteiger charge is -2.27. The van der Waals surface area contributed by atoms with E-state index in [0.29, 0.717) is 13.1 Å². The minimum absolute atomic E-state index is 0.581. The number of pyridine rings is 1. The molecule has 0 radical (unpaired) electrons. The van der Waals surface area contributed by atoms with Crippen LogP contribution in [0.25, 0.3) is 0 Å². The minimum Gasteiger partial charge on any atom is -0.496 e. The van der Waals surface area contributed by atoms with Gasteiger partial charge in [-0.05, 0) is 25.0 Å². The van der Waals surface area contributed by atoms with Crippen molar-refractivity contribution in [2.45, 2.75) is 33.5 Å². The van der Waals surface area contributed by atoms with Crippen molar-refractivity contribution in [3.05, 3.63) is 58.4 Å². The van der Waals surface area contributed by atoms with Gasteiger partial charge < -0.3 is 20.1 Å². The molecule has 1 aromatic heterocycles. The summed E-state index contributed by atoms with van der Waals surface area (Å²) in [5.41, 5.74) is 5.66. The SMILES string of the molecule is CN=C(NCc1ccccc1CN1CCOCC1)NCc1ncc(C)c(OC)c1C. The van der Waals surface area contributed by atoms with Crippen LogP contribution in [0.3, 0.4) is 0 Å². The van der Waals surface area contributed by atoms with Gasteiger partial charge in [0.25, 0.3) is 0 Å². The predicted molar refractivity (Wildman–Crippen MR) is 120 cm³/mol. The largest absolute Gasteiger partial charge is 0.496 e. The number of guanidine groups is 1. The van der Waals surface area contributed by atoms with Crippen molar-refractivity contribution in [1.29, 1.82) is 0 Å². The third kappa shape index (κ3) is 5.70. The van der Waals surface area contributed by atoms with Gasteiger partial charge in [-0.15, -0.1) is 0 Å². The van der Waals surface area contributed by atoms with Crippen molar-refractivity contribution in [3.63, 3.8) is 0 Å². The van der Waals surface area contributed by atoms with Crippen molar-refractivity contribution in [2.75, 3.05) is 40.5 Å². The first-order valence-corrected chi connectivity index (χ1v) is 10.4. The lowest BCUT2D eigenvalue weighted by Crippen LogP contribution is -2.38. The number of ether oxygens (including phenoxy) is 2. The molecule has 0 unspecified atom stereocenters. The van der Waals surface area contributed by atoms with Crippen molar-refractivity contribution in [1.82, 2.24) is 20.5 Å². The number of benzene rings is 1. The first kappa shape index (κ1) is 22.1. The van der Waals surface area contributed by atoms with Crippen LogP contribution in [0.15, 0.2) is 35.5 Å². The lowest BCUT2D eigenvalue weighted by molar-refractivity contribution is 0.0341. The van der Waals surface area contributed by atoms with Gasteiger partial charge in [0.05, 0.1) is 32.6 Å². The Balaban J connectivity index is 1.59. The van der Waals surface area contributed by atoms with Crippen LogP contribution in [0.5, 0.6) is 5.75 Å². The Morgan fingerprint density at radius 3 is 2.53 bits per heavy atom. The molecule has 1 saturated heterocycles. The Hall–Kier alpha value is -2.64. The third-order valence-corrected chi connectivity index (χ3v) is 5.46. The van der Waals surface area contributed by atoms with Crippen LogP contribution in [0.1, 0.15) is 27.9 Å². The van der Waals surface area contributed by atoms with Crippen molar-refractivity contribution in [3.8, 4) is 5.75 Å². The summed E-state index contributed by atoms with van der Waals surface area (Å²) in [5.74, 6) is 1.64. The molecule has 1 aliphatic heterocycles. The number of aryl methyl sites for hydroxylation is 1. The maximum absolute atomic E-state index is 5.50. The number of nitrogens with one attached hydrogen (secondary N) is 2. The van der Waals surface area contributed by atoms with Gasteiger partial charge in [-0.1, -0.05) is 24.3 Å². The first-order chi connectivity index (χ1) is 14.6. The van der Waals surface area contributed by atoms with E-state index in [2.05, 4.69) is 49.8 Å². The Bertz CT molecular complexity index is 863. The van der Waals surface area contributed by atoms with Gasteiger partial charge in [-0.2, -0.15) is 0 Å². The average molecular weight is 412 g/mol. The van der Waals surface area contributed by atoms with Gasteiger partial charge in [-0.3, -0.25) is 14.9 Å². The number of hydrogen-bond acceptors (Lipinski definition) is 5. The zero-order chi connectivity index (χ0) is 21.3. The monoisotopic (exact) mass is 411 g/mol. The van der Waals surface area contributed by atoms with Crippen LogP contribution in [0.4, 0.5) is 0 Å². The smallest absolute Gasteiger partial charge is 0.191 e. The molecule has 1 aliphatic rings. The summed E-state index contributed by atoms with van der Waals surface area (Å²) in [6.45, 7) is 9.87. The van der Waals surface area contributed by atoms with E-state index in [1.807, 2.05) is 20.0 Å². The maximum atomic E-state index is 5.50. The molecule has 7 nitrogen and oxygen atoms in total. The van der Waals surface area contributed by atoms with E-state index in [0.717, 1.165) is 61.4 Å². The third-order valence-electron chi connectivity index (χ3n) is 5.46. The number of hydrogen-bond donors (Lipinski definition) is 2. The summed E-state index contributed by atoms with van der Waals surface area (Å²) in [7, 11) is 3.48. The van der Waals surface area contributed by atoms with Crippen LogP contribution in [0, 0.1) is 13.8 Å². The quantitative estimate of drug-likeness (QED) is 0.539. The van der Waals surface area contributed by atoms with Crippen LogP contribution < -0.4 is 15.4 Å². The molecule has 0 aliphatic carbocycles. The summed E-state index contributed by atoms with van der Waals surface area (Å²) in [6, 6.07) is 8.56. The topological polar surface area (TPSA) is 71.0 Å². The summed E-state index contributed by atoms with van der Waals surface area (Å²) in [5, 5.41) is 6.79. The number of nitrogens with zero attached hydrogens (tertiary/aromatic N) is 3. The molecule has 0 saturated carbocycles. The van der Waals surface area contributed by atoms with Crippen LogP contribution in [0.2, 0.25) is 0 Å². The second kappa shape index (κ2) is 10.9. The Morgan fingerprint density at radius 2 is 1.83 bits per heavy atom. The standard InChI is InChI=1S/C23H33N5O2/c1-17-13-25-21(18(2)22(17)29-4)15-27-23(24-3)26-14-19-7-5-6-8-20(19)16-28-9-11-30-12-10-28/h5-8,13H,9-12,14-16H2,1-4H3,(H2,24,26,27). The van der Waals surface area contributed by atoms with E-state index in [9.17, 15) is 0 Å². The van der Waals surface area contributed by atoms with Crippen molar-refractivity contribution >= 4 is 5.96 Å². The fraction of sp³-hybridized carbons (Fsp3) is 0.478. The Morgan fingerprint density at radius 1 is 1.13 bits per heavy atom. The number of morpholine rings is 1.